The second-order valence-electron chi connectivity index (χ2n) is 7.99. The first-order chi connectivity index (χ1) is 17.6. The van der Waals surface area contributed by atoms with Crippen LogP contribution in [-0.4, -0.2) is 37.4 Å². The van der Waals surface area contributed by atoms with Crippen LogP contribution in [0.1, 0.15) is 36.2 Å². The number of benzene rings is 3. The number of hydrazone groups is 1. The fraction of sp³-hybridized carbons (Fsp3) is 0.207. The summed E-state index contributed by atoms with van der Waals surface area (Å²) in [4.78, 5) is 18.0. The molecule has 0 saturated carbocycles. The van der Waals surface area contributed by atoms with E-state index < -0.39 is 0 Å². The Morgan fingerprint density at radius 3 is 2.64 bits per heavy atom. The van der Waals surface area contributed by atoms with Gasteiger partial charge in [0.1, 0.15) is 5.75 Å². The van der Waals surface area contributed by atoms with Crippen LogP contribution in [0.25, 0.3) is 22.2 Å². The fourth-order valence-corrected chi connectivity index (χ4v) is 3.74. The van der Waals surface area contributed by atoms with Crippen molar-refractivity contribution in [3.8, 4) is 28.5 Å². The molecule has 0 atom stereocenters. The van der Waals surface area contributed by atoms with E-state index in [1.165, 1.54) is 0 Å². The third-order valence-electron chi connectivity index (χ3n) is 5.43. The highest BCUT2D eigenvalue weighted by Crippen LogP contribution is 2.28. The Hall–Kier alpha value is -4.39. The number of aromatic nitrogens is 1. The van der Waals surface area contributed by atoms with E-state index in [1.807, 2.05) is 67.6 Å². The molecule has 0 fully saturated rings. The van der Waals surface area contributed by atoms with Crippen molar-refractivity contribution in [2.75, 3.05) is 20.3 Å². The summed E-state index contributed by atoms with van der Waals surface area (Å²) in [6.45, 7) is 5.16. The van der Waals surface area contributed by atoms with Crippen molar-refractivity contribution in [1.29, 1.82) is 0 Å². The number of methoxy groups -OCH3 is 1. The minimum Gasteiger partial charge on any atom is -0.494 e. The van der Waals surface area contributed by atoms with E-state index in [0.717, 1.165) is 34.2 Å². The van der Waals surface area contributed by atoms with Crippen LogP contribution in [0.15, 0.2) is 77.9 Å². The first kappa shape index (κ1) is 24.7. The van der Waals surface area contributed by atoms with Crippen molar-refractivity contribution in [1.82, 2.24) is 10.4 Å². The zero-order chi connectivity index (χ0) is 25.3. The summed E-state index contributed by atoms with van der Waals surface area (Å²) in [6.07, 6.45) is 2.49. The minimum absolute atomic E-state index is 0.331. The number of hydrogen-bond donors (Lipinski definition) is 1. The molecular formula is C29H29N3O4. The van der Waals surface area contributed by atoms with E-state index in [-0.39, 0.29) is 5.91 Å². The normalized spacial score (nSPS) is 11.0. The highest BCUT2D eigenvalue weighted by molar-refractivity contribution is 6.07. The molecular weight excluding hydrogens is 454 g/mol. The van der Waals surface area contributed by atoms with Gasteiger partial charge < -0.3 is 14.2 Å². The lowest BCUT2D eigenvalue weighted by Crippen LogP contribution is -2.18. The average Bonchev–Trinajstić information content (AvgIpc) is 2.92. The van der Waals surface area contributed by atoms with Gasteiger partial charge in [0.25, 0.3) is 5.91 Å². The lowest BCUT2D eigenvalue weighted by atomic mass is 10.0. The molecule has 184 valence electrons. The maximum atomic E-state index is 13.2. The van der Waals surface area contributed by atoms with Gasteiger partial charge in [-0.05, 0) is 61.4 Å². The topological polar surface area (TPSA) is 82.0 Å². The van der Waals surface area contributed by atoms with E-state index in [0.29, 0.717) is 36.0 Å². The highest BCUT2D eigenvalue weighted by atomic mass is 16.5. The van der Waals surface area contributed by atoms with Gasteiger partial charge in [-0.3, -0.25) is 4.79 Å². The molecule has 7 heteroatoms. The van der Waals surface area contributed by atoms with Gasteiger partial charge >= 0.3 is 0 Å². The predicted octanol–water partition coefficient (Wildman–Crippen LogP) is 5.86. The van der Waals surface area contributed by atoms with Crippen molar-refractivity contribution < 1.29 is 19.0 Å². The number of carbonyl (C=O) groups is 1. The molecule has 0 aliphatic carbocycles. The number of fused-ring (bicyclic) bond motifs is 1. The largest absolute Gasteiger partial charge is 0.494 e. The van der Waals surface area contributed by atoms with Gasteiger partial charge in [0.2, 0.25) is 0 Å². The molecule has 0 aliphatic rings. The van der Waals surface area contributed by atoms with E-state index >= 15 is 0 Å². The molecule has 0 saturated heterocycles. The standard InChI is InChI=1S/C29H29N3O4/c1-4-15-36-22-10-8-9-21(17-22)26-18-24(23-11-6-7-12-25(23)31-26)29(33)32-30-19-20-13-14-27(35-5-2)28(16-20)34-3/h6-14,16-19H,4-5,15H2,1-3H3,(H,32,33)/b30-19+. The van der Waals surface area contributed by atoms with Crippen LogP contribution in [-0.2, 0) is 0 Å². The van der Waals surface area contributed by atoms with Crippen molar-refractivity contribution in [2.24, 2.45) is 5.10 Å². The van der Waals surface area contributed by atoms with Crippen molar-refractivity contribution >= 4 is 23.0 Å². The molecule has 1 N–H and O–H groups in total. The Labute approximate surface area is 210 Å². The molecule has 4 rings (SSSR count). The van der Waals surface area contributed by atoms with Gasteiger partial charge in [-0.2, -0.15) is 5.10 Å². The molecule has 0 unspecified atom stereocenters. The second kappa shape index (κ2) is 11.8. The van der Waals surface area contributed by atoms with E-state index in [4.69, 9.17) is 19.2 Å². The number of hydrogen-bond acceptors (Lipinski definition) is 6. The van der Waals surface area contributed by atoms with Crippen LogP contribution < -0.4 is 19.6 Å². The van der Waals surface area contributed by atoms with Crippen LogP contribution in [0.4, 0.5) is 0 Å². The second-order valence-corrected chi connectivity index (χ2v) is 7.99. The number of nitrogens with zero attached hydrogens (tertiary/aromatic N) is 2. The lowest BCUT2D eigenvalue weighted by molar-refractivity contribution is 0.0956. The quantitative estimate of drug-likeness (QED) is 0.226. The van der Waals surface area contributed by atoms with Crippen molar-refractivity contribution in [3.05, 3.63) is 83.9 Å². The molecule has 0 radical (unpaired) electrons. The first-order valence-corrected chi connectivity index (χ1v) is 11.9. The maximum absolute atomic E-state index is 13.2. The summed E-state index contributed by atoms with van der Waals surface area (Å²) in [5.41, 5.74) is 6.16. The molecule has 4 aromatic rings. The van der Waals surface area contributed by atoms with Gasteiger partial charge in [0.15, 0.2) is 11.5 Å². The van der Waals surface area contributed by atoms with Crippen molar-refractivity contribution in [2.45, 2.75) is 20.3 Å². The number of amides is 1. The number of para-hydroxylation sites is 1. The third-order valence-corrected chi connectivity index (χ3v) is 5.43. The summed E-state index contributed by atoms with van der Waals surface area (Å²) in [5, 5.41) is 4.91. The van der Waals surface area contributed by atoms with Gasteiger partial charge in [-0.25, -0.2) is 10.4 Å². The SMILES string of the molecule is CCCOc1cccc(-c2cc(C(=O)N/N=C/c3ccc(OCC)c(OC)c3)c3ccccc3n2)c1. The molecule has 3 aromatic carbocycles. The number of rotatable bonds is 10. The fourth-order valence-electron chi connectivity index (χ4n) is 3.74. The monoisotopic (exact) mass is 483 g/mol. The summed E-state index contributed by atoms with van der Waals surface area (Å²) < 4.78 is 16.7. The lowest BCUT2D eigenvalue weighted by Gasteiger charge is -2.11. The Morgan fingerprint density at radius 1 is 0.972 bits per heavy atom. The van der Waals surface area contributed by atoms with E-state index in [2.05, 4.69) is 17.5 Å². The van der Waals surface area contributed by atoms with Gasteiger partial charge in [-0.15, -0.1) is 0 Å². The average molecular weight is 484 g/mol. The Bertz CT molecular complexity index is 1380. The first-order valence-electron chi connectivity index (χ1n) is 11.9. The molecule has 1 amide bonds. The zero-order valence-electron chi connectivity index (χ0n) is 20.7. The Kier molecular flexibility index (Phi) is 8.13. The molecule has 1 aromatic heterocycles. The highest BCUT2D eigenvalue weighted by Gasteiger charge is 2.14. The van der Waals surface area contributed by atoms with E-state index in [9.17, 15) is 4.79 Å². The maximum Gasteiger partial charge on any atom is 0.272 e. The number of pyridine rings is 1. The van der Waals surface area contributed by atoms with Gasteiger partial charge in [-0.1, -0.05) is 37.3 Å². The minimum atomic E-state index is -0.331. The van der Waals surface area contributed by atoms with Crippen LogP contribution in [0, 0.1) is 0 Å². The number of ether oxygens (including phenoxy) is 3. The summed E-state index contributed by atoms with van der Waals surface area (Å²) in [6, 6.07) is 22.5. The van der Waals surface area contributed by atoms with Gasteiger partial charge in [0, 0.05) is 10.9 Å². The summed E-state index contributed by atoms with van der Waals surface area (Å²) in [7, 11) is 1.58. The van der Waals surface area contributed by atoms with Crippen LogP contribution >= 0.6 is 0 Å². The third kappa shape index (κ3) is 5.81. The number of carbonyl (C=O) groups excluding carboxylic acids is 1. The smallest absolute Gasteiger partial charge is 0.272 e. The molecule has 0 aliphatic heterocycles. The van der Waals surface area contributed by atoms with Crippen LogP contribution in [0.2, 0.25) is 0 Å². The zero-order valence-corrected chi connectivity index (χ0v) is 20.7. The summed E-state index contributed by atoms with van der Waals surface area (Å²) in [5.74, 6) is 1.69. The Balaban J connectivity index is 1.60. The van der Waals surface area contributed by atoms with Crippen LogP contribution in [0.5, 0.6) is 17.2 Å². The van der Waals surface area contributed by atoms with Gasteiger partial charge in [0.05, 0.1) is 43.3 Å². The van der Waals surface area contributed by atoms with Crippen molar-refractivity contribution in [3.63, 3.8) is 0 Å². The molecule has 1 heterocycles. The molecule has 0 spiro atoms. The summed E-state index contributed by atoms with van der Waals surface area (Å²) >= 11 is 0. The van der Waals surface area contributed by atoms with Crippen LogP contribution in [0.3, 0.4) is 0 Å². The number of nitrogens with one attached hydrogen (secondary N) is 1. The predicted molar refractivity (Wildman–Crippen MR) is 142 cm³/mol. The molecule has 36 heavy (non-hydrogen) atoms. The van der Waals surface area contributed by atoms with E-state index in [1.54, 1.807) is 25.5 Å². The molecule has 0 bridgehead atoms. The Morgan fingerprint density at radius 2 is 1.83 bits per heavy atom. The molecule has 7 nitrogen and oxygen atoms in total.